The number of benzene rings is 2. The Bertz CT molecular complexity index is 1680. The summed E-state index contributed by atoms with van der Waals surface area (Å²) in [5.41, 5.74) is 1.25. The smallest absolute Gasteiger partial charge is 0.409 e. The molecule has 3 aromatic rings. The number of nitrogens with zero attached hydrogens (tertiary/aromatic N) is 4. The van der Waals surface area contributed by atoms with Crippen molar-refractivity contribution in [3.63, 3.8) is 0 Å². The van der Waals surface area contributed by atoms with Crippen LogP contribution in [0.5, 0.6) is 5.75 Å². The lowest BCUT2D eigenvalue weighted by Crippen LogP contribution is -2.56. The third kappa shape index (κ3) is 8.14. The molecule has 1 unspecified atom stereocenters. The van der Waals surface area contributed by atoms with Crippen LogP contribution in [-0.4, -0.2) is 107 Å². The van der Waals surface area contributed by atoms with Crippen LogP contribution >= 0.6 is 11.6 Å². The van der Waals surface area contributed by atoms with Crippen LogP contribution < -0.4 is 10.1 Å². The molecule has 5 rings (SSSR count). The number of aromatic nitrogens is 1. The van der Waals surface area contributed by atoms with Crippen LogP contribution in [0.2, 0.25) is 5.02 Å². The maximum atomic E-state index is 13.6. The largest absolute Gasteiger partial charge is 0.483 e. The van der Waals surface area contributed by atoms with Gasteiger partial charge in [0.15, 0.2) is 6.61 Å². The van der Waals surface area contributed by atoms with Crippen molar-refractivity contribution in [2.75, 3.05) is 45.9 Å². The zero-order chi connectivity index (χ0) is 34.2. The van der Waals surface area contributed by atoms with E-state index >= 15 is 0 Å². The van der Waals surface area contributed by atoms with Gasteiger partial charge in [-0.25, -0.2) is 9.78 Å². The number of pyridine rings is 1. The van der Waals surface area contributed by atoms with Crippen LogP contribution in [0.3, 0.4) is 0 Å². The number of amides is 4. The van der Waals surface area contributed by atoms with Gasteiger partial charge in [-0.15, -0.1) is 0 Å². The molecule has 3 heterocycles. The highest BCUT2D eigenvalue weighted by Gasteiger charge is 2.33. The van der Waals surface area contributed by atoms with E-state index in [2.05, 4.69) is 10.3 Å². The fourth-order valence-corrected chi connectivity index (χ4v) is 6.30. The summed E-state index contributed by atoms with van der Waals surface area (Å²) in [6.45, 7) is 3.10. The van der Waals surface area contributed by atoms with E-state index < -0.39 is 29.9 Å². The van der Waals surface area contributed by atoms with E-state index in [1.54, 1.807) is 42.2 Å². The number of hydrogen-bond acceptors (Lipinski definition) is 8. The Hall–Kier alpha value is -4.91. The van der Waals surface area contributed by atoms with E-state index in [4.69, 9.17) is 21.1 Å². The molecule has 2 aliphatic heterocycles. The van der Waals surface area contributed by atoms with Crippen molar-refractivity contribution in [1.29, 1.82) is 0 Å². The van der Waals surface area contributed by atoms with Crippen molar-refractivity contribution in [1.82, 2.24) is 25.0 Å². The second kappa shape index (κ2) is 15.8. The van der Waals surface area contributed by atoms with Crippen LogP contribution in [0, 0.1) is 0 Å². The summed E-state index contributed by atoms with van der Waals surface area (Å²) in [4.78, 5) is 73.2. The lowest BCUT2D eigenvalue weighted by Gasteiger charge is -2.35. The summed E-state index contributed by atoms with van der Waals surface area (Å²) in [5.74, 6) is -2.25. The van der Waals surface area contributed by atoms with E-state index in [1.165, 1.54) is 15.9 Å². The van der Waals surface area contributed by atoms with Gasteiger partial charge in [-0.1, -0.05) is 41.9 Å². The van der Waals surface area contributed by atoms with E-state index in [0.29, 0.717) is 22.5 Å². The van der Waals surface area contributed by atoms with Gasteiger partial charge >= 0.3 is 12.1 Å². The third-order valence-electron chi connectivity index (χ3n) is 8.47. The summed E-state index contributed by atoms with van der Waals surface area (Å²) in [6, 6.07) is 14.5. The standard InChI is InChI=1S/C34H38ClN5O8/c1-2-47-34(46)39-18-16-38(17-19-39)33(45)26(13-14-31(42)43)37-32(44)27-20-29(23-9-4-6-11-25(23)36-27)48-21-30(41)40-15-7-12-28(40)22-8-3-5-10-24(22)35/h3-6,8-11,20,26,28H,2,7,12-19,21H2,1H3,(H,37,44)(H,42,43)/t26?,28-/m0/s1. The number of hydrogen-bond donors (Lipinski definition) is 2. The van der Waals surface area contributed by atoms with E-state index in [9.17, 15) is 29.1 Å². The number of para-hydroxylation sites is 1. The third-order valence-corrected chi connectivity index (χ3v) is 8.81. The topological polar surface area (TPSA) is 159 Å². The first-order valence-corrected chi connectivity index (χ1v) is 16.3. The SMILES string of the molecule is CCOC(=O)N1CCN(C(=O)C(CCC(=O)O)NC(=O)c2cc(OCC(=O)N3CCC[C@H]3c3ccccc3Cl)c3ccccc3n2)CC1. The van der Waals surface area contributed by atoms with Crippen LogP contribution in [0.15, 0.2) is 54.6 Å². The van der Waals surface area contributed by atoms with Gasteiger partial charge in [0.25, 0.3) is 11.8 Å². The number of likely N-dealkylation sites (tertiary alicyclic amines) is 1. The Morgan fingerprint density at radius 3 is 2.44 bits per heavy atom. The second-order valence-corrected chi connectivity index (χ2v) is 12.0. The van der Waals surface area contributed by atoms with Crippen LogP contribution in [0.25, 0.3) is 10.9 Å². The molecule has 2 N–H and O–H groups in total. The lowest BCUT2D eigenvalue weighted by molar-refractivity contribution is -0.138. The maximum absolute atomic E-state index is 13.6. The predicted octanol–water partition coefficient (Wildman–Crippen LogP) is 3.89. The normalized spacial score (nSPS) is 16.8. The molecule has 0 aliphatic carbocycles. The number of aliphatic carboxylic acids is 1. The minimum Gasteiger partial charge on any atom is -0.483 e. The molecule has 48 heavy (non-hydrogen) atoms. The van der Waals surface area contributed by atoms with Crippen molar-refractivity contribution >= 4 is 52.3 Å². The molecule has 254 valence electrons. The van der Waals surface area contributed by atoms with Crippen LogP contribution in [0.1, 0.15) is 54.7 Å². The molecule has 0 radical (unpaired) electrons. The Kier molecular flexibility index (Phi) is 11.3. The van der Waals surface area contributed by atoms with Crippen molar-refractivity contribution in [3.8, 4) is 5.75 Å². The van der Waals surface area contributed by atoms with Gasteiger partial charge in [-0.2, -0.15) is 0 Å². The quantitative estimate of drug-likeness (QED) is 0.307. The van der Waals surface area contributed by atoms with Crippen molar-refractivity contribution < 1.29 is 38.6 Å². The van der Waals surface area contributed by atoms with E-state index in [-0.39, 0.29) is 75.6 Å². The summed E-state index contributed by atoms with van der Waals surface area (Å²) in [6.07, 6.45) is 0.634. The predicted molar refractivity (Wildman–Crippen MR) is 176 cm³/mol. The van der Waals surface area contributed by atoms with Gasteiger partial charge in [0.1, 0.15) is 17.5 Å². The van der Waals surface area contributed by atoms with Gasteiger partial charge in [-0.05, 0) is 49.9 Å². The molecule has 4 amide bonds. The first kappa shape index (κ1) is 34.4. The Balaban J connectivity index is 1.30. The second-order valence-electron chi connectivity index (χ2n) is 11.5. The molecular weight excluding hydrogens is 642 g/mol. The molecule has 2 atom stereocenters. The molecule has 0 spiro atoms. The number of fused-ring (bicyclic) bond motifs is 1. The molecular formula is C34H38ClN5O8. The van der Waals surface area contributed by atoms with Gasteiger partial charge in [-0.3, -0.25) is 19.2 Å². The highest BCUT2D eigenvalue weighted by molar-refractivity contribution is 6.31. The van der Waals surface area contributed by atoms with E-state index in [0.717, 1.165) is 18.4 Å². The first-order chi connectivity index (χ1) is 23.2. The highest BCUT2D eigenvalue weighted by atomic mass is 35.5. The average molecular weight is 680 g/mol. The zero-order valence-corrected chi connectivity index (χ0v) is 27.4. The Morgan fingerprint density at radius 2 is 1.71 bits per heavy atom. The van der Waals surface area contributed by atoms with Crippen molar-refractivity contribution in [2.24, 2.45) is 0 Å². The molecule has 2 saturated heterocycles. The number of rotatable bonds is 11. The molecule has 14 heteroatoms. The summed E-state index contributed by atoms with van der Waals surface area (Å²) < 4.78 is 11.1. The number of piperazine rings is 1. The number of carboxylic acids is 1. The average Bonchev–Trinajstić information content (AvgIpc) is 3.58. The monoisotopic (exact) mass is 679 g/mol. The molecule has 2 aromatic carbocycles. The number of carbonyl (C=O) groups excluding carboxylic acids is 4. The molecule has 13 nitrogen and oxygen atoms in total. The summed E-state index contributed by atoms with van der Waals surface area (Å²) in [7, 11) is 0. The van der Waals surface area contributed by atoms with Gasteiger partial charge in [0.05, 0.1) is 18.2 Å². The fraction of sp³-hybridized carbons (Fsp3) is 0.412. The van der Waals surface area contributed by atoms with Crippen LogP contribution in [-0.2, 0) is 19.1 Å². The highest BCUT2D eigenvalue weighted by Crippen LogP contribution is 2.36. The molecule has 2 fully saturated rings. The lowest BCUT2D eigenvalue weighted by atomic mass is 10.0. The molecule has 0 bridgehead atoms. The minimum absolute atomic E-state index is 0.0634. The number of nitrogens with one attached hydrogen (secondary N) is 1. The molecule has 0 saturated carbocycles. The van der Waals surface area contributed by atoms with Gasteiger partial charge in [0, 0.05) is 55.6 Å². The van der Waals surface area contributed by atoms with Crippen LogP contribution in [0.4, 0.5) is 4.79 Å². The number of carboxylic acid groups (broad SMARTS) is 1. The molecule has 2 aliphatic rings. The maximum Gasteiger partial charge on any atom is 0.409 e. The Morgan fingerprint density at radius 1 is 1.00 bits per heavy atom. The zero-order valence-electron chi connectivity index (χ0n) is 26.6. The summed E-state index contributed by atoms with van der Waals surface area (Å²) in [5, 5.41) is 13.2. The summed E-state index contributed by atoms with van der Waals surface area (Å²) >= 11 is 6.44. The number of carbonyl (C=O) groups is 5. The van der Waals surface area contributed by atoms with Gasteiger partial charge in [0.2, 0.25) is 5.91 Å². The fourth-order valence-electron chi connectivity index (χ4n) is 6.04. The van der Waals surface area contributed by atoms with E-state index in [1.807, 2.05) is 18.2 Å². The molecule has 1 aromatic heterocycles. The minimum atomic E-state index is -1.15. The van der Waals surface area contributed by atoms with Crippen molar-refractivity contribution in [2.45, 2.75) is 44.7 Å². The number of halogens is 1. The number of ether oxygens (including phenoxy) is 2. The Labute approximate surface area is 282 Å². The first-order valence-electron chi connectivity index (χ1n) is 16.0. The van der Waals surface area contributed by atoms with Gasteiger partial charge < -0.3 is 34.6 Å². The van der Waals surface area contributed by atoms with Crippen molar-refractivity contribution in [3.05, 3.63) is 70.9 Å².